The summed E-state index contributed by atoms with van der Waals surface area (Å²) in [6.45, 7) is 4.07. The number of nitrogens with one attached hydrogen (secondary N) is 1. The smallest absolute Gasteiger partial charge is 0.242 e. The van der Waals surface area contributed by atoms with Gasteiger partial charge in [0.1, 0.15) is 17.8 Å². The highest BCUT2D eigenvalue weighted by Gasteiger charge is 2.12. The first-order valence-corrected chi connectivity index (χ1v) is 5.89. The van der Waals surface area contributed by atoms with Gasteiger partial charge in [0.05, 0.1) is 12.3 Å². The van der Waals surface area contributed by atoms with Crippen LogP contribution in [0, 0.1) is 12.7 Å². The molecule has 0 radical (unpaired) electrons. The first-order valence-electron chi connectivity index (χ1n) is 5.89. The number of aromatic nitrogens is 2. The topological polar surface area (TPSA) is 73.1 Å². The van der Waals surface area contributed by atoms with Gasteiger partial charge in [-0.05, 0) is 25.5 Å². The average Bonchev–Trinajstić information content (AvgIpc) is 2.38. The van der Waals surface area contributed by atoms with Gasteiger partial charge in [-0.2, -0.15) is 4.98 Å². The third-order valence-electron chi connectivity index (χ3n) is 2.59. The van der Waals surface area contributed by atoms with Crippen LogP contribution < -0.4 is 15.8 Å². The molecular formula is C13H15FN4O. The lowest BCUT2D eigenvalue weighted by Crippen LogP contribution is -2.06. The number of aryl methyl sites for hydroxylation is 1. The number of hydrogen-bond donors (Lipinski definition) is 2. The van der Waals surface area contributed by atoms with Gasteiger partial charge < -0.3 is 15.8 Å². The van der Waals surface area contributed by atoms with E-state index in [1.165, 1.54) is 12.4 Å². The van der Waals surface area contributed by atoms with E-state index in [1.54, 1.807) is 19.1 Å². The molecule has 1 aromatic heterocycles. The SMILES string of the molecule is CCOc1ncnc(Nc2c(C)cccc2F)c1N. The summed E-state index contributed by atoms with van der Waals surface area (Å²) in [5.74, 6) is 0.247. The van der Waals surface area contributed by atoms with Crippen LogP contribution in [0.2, 0.25) is 0 Å². The van der Waals surface area contributed by atoms with Crippen LogP contribution in [0.5, 0.6) is 5.88 Å². The highest BCUT2D eigenvalue weighted by molar-refractivity contribution is 5.73. The Morgan fingerprint density at radius 1 is 1.37 bits per heavy atom. The van der Waals surface area contributed by atoms with Gasteiger partial charge in [-0.1, -0.05) is 12.1 Å². The molecule has 0 amide bonds. The van der Waals surface area contributed by atoms with Gasteiger partial charge in [0.25, 0.3) is 0 Å². The van der Waals surface area contributed by atoms with Crippen molar-refractivity contribution in [2.45, 2.75) is 13.8 Å². The monoisotopic (exact) mass is 262 g/mol. The van der Waals surface area contributed by atoms with E-state index in [1.807, 2.05) is 6.92 Å². The standard InChI is InChI=1S/C13H15FN4O/c1-3-19-13-10(15)12(16-7-17-13)18-11-8(2)5-4-6-9(11)14/h4-7H,3,15H2,1-2H3,(H,16,17,18). The fraction of sp³-hybridized carbons (Fsp3) is 0.231. The van der Waals surface area contributed by atoms with Crippen molar-refractivity contribution in [3.05, 3.63) is 35.9 Å². The molecule has 0 saturated heterocycles. The molecule has 19 heavy (non-hydrogen) atoms. The van der Waals surface area contributed by atoms with Gasteiger partial charge in [-0.3, -0.25) is 0 Å². The lowest BCUT2D eigenvalue weighted by Gasteiger charge is -2.13. The number of nitrogens with two attached hydrogens (primary N) is 1. The summed E-state index contributed by atoms with van der Waals surface area (Å²) in [7, 11) is 0. The Kier molecular flexibility index (Phi) is 3.79. The second kappa shape index (κ2) is 5.51. The molecule has 0 fully saturated rings. The van der Waals surface area contributed by atoms with Crippen LogP contribution in [0.3, 0.4) is 0 Å². The van der Waals surface area contributed by atoms with E-state index in [0.717, 1.165) is 5.56 Å². The number of benzene rings is 1. The molecule has 0 spiro atoms. The first kappa shape index (κ1) is 13.1. The van der Waals surface area contributed by atoms with Crippen LogP contribution in [0.15, 0.2) is 24.5 Å². The van der Waals surface area contributed by atoms with Gasteiger partial charge in [-0.25, -0.2) is 9.37 Å². The van der Waals surface area contributed by atoms with Crippen LogP contribution in [-0.2, 0) is 0 Å². The maximum absolute atomic E-state index is 13.7. The molecule has 5 nitrogen and oxygen atoms in total. The molecule has 0 saturated carbocycles. The number of nitrogens with zero attached hydrogens (tertiary/aromatic N) is 2. The minimum absolute atomic E-state index is 0.256. The zero-order valence-corrected chi connectivity index (χ0v) is 10.8. The summed E-state index contributed by atoms with van der Waals surface area (Å²) in [6.07, 6.45) is 1.32. The largest absolute Gasteiger partial charge is 0.476 e. The minimum Gasteiger partial charge on any atom is -0.476 e. The summed E-state index contributed by atoms with van der Waals surface area (Å²) in [5.41, 5.74) is 7.24. The van der Waals surface area contributed by atoms with Crippen LogP contribution in [0.1, 0.15) is 12.5 Å². The number of rotatable bonds is 4. The minimum atomic E-state index is -0.365. The maximum atomic E-state index is 13.7. The van der Waals surface area contributed by atoms with E-state index >= 15 is 0 Å². The third kappa shape index (κ3) is 2.73. The Labute approximate surface area is 110 Å². The van der Waals surface area contributed by atoms with Gasteiger partial charge in [0.2, 0.25) is 5.88 Å². The molecule has 1 aromatic carbocycles. The normalized spacial score (nSPS) is 10.3. The van der Waals surface area contributed by atoms with Crippen molar-refractivity contribution in [1.82, 2.24) is 9.97 Å². The zero-order valence-electron chi connectivity index (χ0n) is 10.8. The van der Waals surface area contributed by atoms with Gasteiger partial charge in [0, 0.05) is 0 Å². The van der Waals surface area contributed by atoms with E-state index < -0.39 is 0 Å². The molecule has 0 aliphatic rings. The molecule has 0 aliphatic heterocycles. The van der Waals surface area contributed by atoms with Crippen molar-refractivity contribution in [3.63, 3.8) is 0 Å². The molecule has 1 heterocycles. The summed E-state index contributed by atoms with van der Waals surface area (Å²) < 4.78 is 19.0. The Morgan fingerprint density at radius 2 is 2.16 bits per heavy atom. The zero-order chi connectivity index (χ0) is 13.8. The van der Waals surface area contributed by atoms with Crippen molar-refractivity contribution in [2.24, 2.45) is 0 Å². The molecule has 0 unspecified atom stereocenters. The highest BCUT2D eigenvalue weighted by Crippen LogP contribution is 2.29. The van der Waals surface area contributed by atoms with E-state index in [9.17, 15) is 4.39 Å². The molecule has 6 heteroatoms. The van der Waals surface area contributed by atoms with Crippen molar-refractivity contribution in [2.75, 3.05) is 17.7 Å². The molecular weight excluding hydrogens is 247 g/mol. The fourth-order valence-corrected chi connectivity index (χ4v) is 1.64. The summed E-state index contributed by atoms with van der Waals surface area (Å²) >= 11 is 0. The van der Waals surface area contributed by atoms with Crippen molar-refractivity contribution >= 4 is 17.2 Å². The van der Waals surface area contributed by atoms with E-state index in [2.05, 4.69) is 15.3 Å². The highest BCUT2D eigenvalue weighted by atomic mass is 19.1. The summed E-state index contributed by atoms with van der Waals surface area (Å²) in [5, 5.41) is 2.88. The quantitative estimate of drug-likeness (QED) is 0.886. The molecule has 100 valence electrons. The van der Waals surface area contributed by atoms with Crippen LogP contribution in [0.4, 0.5) is 21.6 Å². The van der Waals surface area contributed by atoms with Crippen molar-refractivity contribution in [1.29, 1.82) is 0 Å². The number of halogens is 1. The van der Waals surface area contributed by atoms with Crippen molar-refractivity contribution in [3.8, 4) is 5.88 Å². The van der Waals surface area contributed by atoms with Gasteiger partial charge >= 0.3 is 0 Å². The predicted molar refractivity (Wildman–Crippen MR) is 72.0 cm³/mol. The number of ether oxygens (including phenoxy) is 1. The third-order valence-corrected chi connectivity index (χ3v) is 2.59. The Morgan fingerprint density at radius 3 is 2.84 bits per heavy atom. The Hall–Kier alpha value is -2.37. The van der Waals surface area contributed by atoms with Crippen molar-refractivity contribution < 1.29 is 9.13 Å². The van der Waals surface area contributed by atoms with Gasteiger partial charge in [0.15, 0.2) is 5.82 Å². The van der Waals surface area contributed by atoms with Crippen LogP contribution >= 0.6 is 0 Å². The fourth-order valence-electron chi connectivity index (χ4n) is 1.64. The molecule has 0 atom stereocenters. The lowest BCUT2D eigenvalue weighted by molar-refractivity contribution is 0.328. The van der Waals surface area contributed by atoms with E-state index in [-0.39, 0.29) is 17.4 Å². The number of anilines is 3. The molecule has 2 rings (SSSR count). The van der Waals surface area contributed by atoms with Crippen LogP contribution in [0.25, 0.3) is 0 Å². The van der Waals surface area contributed by atoms with E-state index in [0.29, 0.717) is 18.1 Å². The Balaban J connectivity index is 2.36. The average molecular weight is 262 g/mol. The summed E-state index contributed by atoms with van der Waals surface area (Å²) in [4.78, 5) is 7.93. The summed E-state index contributed by atoms with van der Waals surface area (Å²) in [6, 6.07) is 4.81. The molecule has 2 aromatic rings. The Bertz CT molecular complexity index is 569. The molecule has 3 N–H and O–H groups in total. The maximum Gasteiger partial charge on any atom is 0.242 e. The van der Waals surface area contributed by atoms with Crippen LogP contribution in [-0.4, -0.2) is 16.6 Å². The number of para-hydroxylation sites is 1. The predicted octanol–water partition coefficient (Wildman–Crippen LogP) is 2.65. The first-order chi connectivity index (χ1) is 9.13. The molecule has 0 aliphatic carbocycles. The second-order valence-corrected chi connectivity index (χ2v) is 3.93. The number of hydrogen-bond acceptors (Lipinski definition) is 5. The number of nitrogen functional groups attached to an aromatic ring is 1. The second-order valence-electron chi connectivity index (χ2n) is 3.93. The van der Waals surface area contributed by atoms with Gasteiger partial charge in [-0.15, -0.1) is 0 Å². The molecule has 0 bridgehead atoms. The van der Waals surface area contributed by atoms with E-state index in [4.69, 9.17) is 10.5 Å². The lowest BCUT2D eigenvalue weighted by atomic mass is 10.2.